The summed E-state index contributed by atoms with van der Waals surface area (Å²) in [5.41, 5.74) is 0.997. The van der Waals surface area contributed by atoms with E-state index in [4.69, 9.17) is 0 Å². The second kappa shape index (κ2) is 10.5. The third-order valence-corrected chi connectivity index (χ3v) is 8.27. The van der Waals surface area contributed by atoms with Gasteiger partial charge in [0.15, 0.2) is 0 Å². The highest BCUT2D eigenvalue weighted by atomic mass is 32.2. The second-order valence-electron chi connectivity index (χ2n) is 8.97. The zero-order chi connectivity index (χ0) is 24.1. The van der Waals surface area contributed by atoms with Gasteiger partial charge in [0.2, 0.25) is 15.9 Å². The number of non-ortho nitro benzene ring substituents is 1. The normalized spacial score (nSPS) is 21.3. The average molecular weight is 487 g/mol. The molecule has 0 atom stereocenters. The molecule has 182 valence electrons. The van der Waals surface area contributed by atoms with Crippen molar-refractivity contribution < 1.29 is 18.1 Å². The molecule has 1 heterocycles. The largest absolute Gasteiger partial charge is 0.368 e. The number of nitrogens with one attached hydrogen (secondary N) is 1. The van der Waals surface area contributed by atoms with E-state index in [0.717, 1.165) is 31.4 Å². The van der Waals surface area contributed by atoms with E-state index in [9.17, 15) is 23.3 Å². The minimum absolute atomic E-state index is 0.00657. The van der Waals surface area contributed by atoms with Crippen molar-refractivity contribution in [1.29, 1.82) is 0 Å². The predicted octanol–water partition coefficient (Wildman–Crippen LogP) is 3.03. The number of anilines is 1. The van der Waals surface area contributed by atoms with Crippen LogP contribution in [0.1, 0.15) is 25.7 Å². The molecule has 2 aromatic carbocycles. The summed E-state index contributed by atoms with van der Waals surface area (Å²) >= 11 is 0. The first-order chi connectivity index (χ1) is 16.3. The highest BCUT2D eigenvalue weighted by molar-refractivity contribution is 7.89. The molecule has 9 nitrogen and oxygen atoms in total. The van der Waals surface area contributed by atoms with Crippen molar-refractivity contribution in [3.05, 3.63) is 64.7 Å². The molecule has 2 aromatic rings. The van der Waals surface area contributed by atoms with Crippen molar-refractivity contribution in [2.24, 2.45) is 11.8 Å². The fourth-order valence-corrected chi connectivity index (χ4v) is 5.89. The number of piperazine rings is 1. The van der Waals surface area contributed by atoms with Crippen molar-refractivity contribution in [3.63, 3.8) is 0 Å². The van der Waals surface area contributed by atoms with Gasteiger partial charge in [-0.05, 0) is 55.9 Å². The number of hydrogen-bond acceptors (Lipinski definition) is 6. The molecule has 4 rings (SSSR count). The Kier molecular flexibility index (Phi) is 7.47. The molecule has 0 radical (unpaired) electrons. The highest BCUT2D eigenvalue weighted by Gasteiger charge is 2.31. The summed E-state index contributed by atoms with van der Waals surface area (Å²) in [6.07, 6.45) is 3.21. The lowest BCUT2D eigenvalue weighted by atomic mass is 9.81. The number of carbonyl (C=O) groups is 1. The molecule has 1 amide bonds. The molecule has 34 heavy (non-hydrogen) atoms. The minimum atomic E-state index is -3.50. The van der Waals surface area contributed by atoms with Crippen LogP contribution in [0.4, 0.5) is 11.4 Å². The van der Waals surface area contributed by atoms with Gasteiger partial charge in [-0.3, -0.25) is 14.9 Å². The molecule has 0 bridgehead atoms. The third kappa shape index (κ3) is 5.74. The number of hydrogen-bond donors (Lipinski definition) is 1. The SMILES string of the molecule is O=C(C1CCC(CNS(=O)(=O)c2ccccc2)CC1)N1CCN(c2ccc([N+](=O)[O-])cc2)CC1. The zero-order valence-electron chi connectivity index (χ0n) is 19.0. The molecule has 10 heteroatoms. The van der Waals surface area contributed by atoms with Gasteiger partial charge in [0.05, 0.1) is 9.82 Å². The van der Waals surface area contributed by atoms with Gasteiger partial charge in [-0.2, -0.15) is 0 Å². The highest BCUT2D eigenvalue weighted by Crippen LogP contribution is 2.31. The molecule has 2 fully saturated rings. The predicted molar refractivity (Wildman–Crippen MR) is 129 cm³/mol. The van der Waals surface area contributed by atoms with E-state index < -0.39 is 14.9 Å². The maximum absolute atomic E-state index is 13.0. The lowest BCUT2D eigenvalue weighted by Crippen LogP contribution is -2.50. The maximum atomic E-state index is 13.0. The number of nitro groups is 1. The molecule has 2 aliphatic rings. The van der Waals surface area contributed by atoms with Crippen LogP contribution in [0, 0.1) is 22.0 Å². The average Bonchev–Trinajstić information content (AvgIpc) is 2.88. The number of carbonyl (C=O) groups excluding carboxylic acids is 1. The maximum Gasteiger partial charge on any atom is 0.269 e. The van der Waals surface area contributed by atoms with Crippen molar-refractivity contribution >= 4 is 27.3 Å². The lowest BCUT2D eigenvalue weighted by molar-refractivity contribution is -0.384. The van der Waals surface area contributed by atoms with E-state index >= 15 is 0 Å². The van der Waals surface area contributed by atoms with Gasteiger partial charge < -0.3 is 9.80 Å². The second-order valence-corrected chi connectivity index (χ2v) is 10.7. The fraction of sp³-hybridized carbons (Fsp3) is 0.458. The summed E-state index contributed by atoms with van der Waals surface area (Å²) in [6, 6.07) is 14.9. The van der Waals surface area contributed by atoms with Crippen LogP contribution in [0.2, 0.25) is 0 Å². The Balaban J connectivity index is 1.21. The first-order valence-electron chi connectivity index (χ1n) is 11.7. The van der Waals surface area contributed by atoms with E-state index in [2.05, 4.69) is 9.62 Å². The number of nitro benzene ring substituents is 1. The van der Waals surface area contributed by atoms with Gasteiger partial charge in [0.1, 0.15) is 0 Å². The standard InChI is InChI=1S/C24H30N4O5S/c29-24(27-16-14-26(15-17-27)21-10-12-22(13-11-21)28(30)31)20-8-6-19(7-9-20)18-25-34(32,33)23-4-2-1-3-5-23/h1-5,10-13,19-20,25H,6-9,14-18H2. The summed E-state index contributed by atoms with van der Waals surface area (Å²) < 4.78 is 27.6. The van der Waals surface area contributed by atoms with Crippen molar-refractivity contribution in [1.82, 2.24) is 9.62 Å². The Labute approximate surface area is 200 Å². The Hall–Kier alpha value is -2.98. The fourth-order valence-electron chi connectivity index (χ4n) is 4.75. The molecular weight excluding hydrogens is 456 g/mol. The van der Waals surface area contributed by atoms with Crippen molar-refractivity contribution in [2.75, 3.05) is 37.6 Å². The first kappa shape index (κ1) is 24.2. The number of nitrogens with zero attached hydrogens (tertiary/aromatic N) is 3. The van der Waals surface area contributed by atoms with Gasteiger partial charge in [0.25, 0.3) is 5.69 Å². The van der Waals surface area contributed by atoms with Crippen LogP contribution in [-0.4, -0.2) is 56.9 Å². The molecule has 1 aliphatic heterocycles. The van der Waals surface area contributed by atoms with Crippen LogP contribution in [0.5, 0.6) is 0 Å². The van der Waals surface area contributed by atoms with Gasteiger partial charge in [-0.1, -0.05) is 18.2 Å². The van der Waals surface area contributed by atoms with Crippen molar-refractivity contribution in [3.8, 4) is 0 Å². The molecule has 1 aliphatic carbocycles. The first-order valence-corrected chi connectivity index (χ1v) is 13.1. The van der Waals surface area contributed by atoms with Crippen LogP contribution in [0.25, 0.3) is 0 Å². The number of benzene rings is 2. The zero-order valence-corrected chi connectivity index (χ0v) is 19.8. The van der Waals surface area contributed by atoms with E-state index in [-0.39, 0.29) is 28.3 Å². The number of amides is 1. The Morgan fingerprint density at radius 3 is 2.15 bits per heavy atom. The molecule has 0 unspecified atom stereocenters. The molecule has 0 aromatic heterocycles. The summed E-state index contributed by atoms with van der Waals surface area (Å²) in [5, 5.41) is 10.8. The van der Waals surface area contributed by atoms with Gasteiger partial charge in [0, 0.05) is 56.5 Å². The van der Waals surface area contributed by atoms with E-state index in [0.29, 0.717) is 32.7 Å². The summed E-state index contributed by atoms with van der Waals surface area (Å²) in [6.45, 7) is 3.05. The van der Waals surface area contributed by atoms with Crippen LogP contribution in [-0.2, 0) is 14.8 Å². The Morgan fingerprint density at radius 2 is 1.56 bits per heavy atom. The van der Waals surface area contributed by atoms with Crippen LogP contribution >= 0.6 is 0 Å². The van der Waals surface area contributed by atoms with Gasteiger partial charge >= 0.3 is 0 Å². The summed E-state index contributed by atoms with van der Waals surface area (Å²) in [7, 11) is -3.50. The summed E-state index contributed by atoms with van der Waals surface area (Å²) in [4.78, 5) is 27.8. The van der Waals surface area contributed by atoms with Gasteiger partial charge in [-0.15, -0.1) is 0 Å². The van der Waals surface area contributed by atoms with Crippen LogP contribution in [0.15, 0.2) is 59.5 Å². The van der Waals surface area contributed by atoms with Gasteiger partial charge in [-0.25, -0.2) is 13.1 Å². The Bertz CT molecular complexity index is 1090. The van der Waals surface area contributed by atoms with Crippen LogP contribution < -0.4 is 9.62 Å². The number of sulfonamides is 1. The van der Waals surface area contributed by atoms with E-state index in [1.54, 1.807) is 42.5 Å². The molecule has 0 spiro atoms. The quantitative estimate of drug-likeness (QED) is 0.475. The molecular formula is C24H30N4O5S. The molecule has 1 N–H and O–H groups in total. The van der Waals surface area contributed by atoms with Crippen molar-refractivity contribution in [2.45, 2.75) is 30.6 Å². The third-order valence-electron chi connectivity index (χ3n) is 6.83. The monoisotopic (exact) mass is 486 g/mol. The van der Waals surface area contributed by atoms with Crippen LogP contribution in [0.3, 0.4) is 0 Å². The summed E-state index contributed by atoms with van der Waals surface area (Å²) in [5.74, 6) is 0.418. The lowest BCUT2D eigenvalue weighted by Gasteiger charge is -2.38. The molecule has 1 saturated heterocycles. The van der Waals surface area contributed by atoms with E-state index in [1.807, 2.05) is 4.90 Å². The molecule has 1 saturated carbocycles. The minimum Gasteiger partial charge on any atom is -0.368 e. The smallest absolute Gasteiger partial charge is 0.269 e. The van der Waals surface area contributed by atoms with E-state index in [1.165, 1.54) is 12.1 Å². The number of rotatable bonds is 7. The topological polar surface area (TPSA) is 113 Å². The Morgan fingerprint density at radius 1 is 0.941 bits per heavy atom.